The number of pyridine rings is 1. The van der Waals surface area contributed by atoms with Crippen LogP contribution >= 0.6 is 22.9 Å². The summed E-state index contributed by atoms with van der Waals surface area (Å²) in [7, 11) is -0.00393. The molecule has 1 unspecified atom stereocenters. The second-order valence-electron chi connectivity index (χ2n) is 6.72. The quantitative estimate of drug-likeness (QED) is 0.550. The van der Waals surface area contributed by atoms with E-state index in [4.69, 9.17) is 21.1 Å². The molecular formula is C21H20ClN5O3S2. The summed E-state index contributed by atoms with van der Waals surface area (Å²) in [5.41, 5.74) is 2.66. The van der Waals surface area contributed by atoms with Crippen LogP contribution in [0.25, 0.3) is 0 Å². The molecule has 32 heavy (non-hydrogen) atoms. The highest BCUT2D eigenvalue weighted by molar-refractivity contribution is 7.88. The van der Waals surface area contributed by atoms with Gasteiger partial charge in [0, 0.05) is 24.8 Å². The first-order chi connectivity index (χ1) is 15.5. The van der Waals surface area contributed by atoms with E-state index >= 15 is 0 Å². The average molecular weight is 490 g/mol. The van der Waals surface area contributed by atoms with Gasteiger partial charge in [-0.15, -0.1) is 11.3 Å². The Kier molecular flexibility index (Phi) is 7.22. The lowest BCUT2D eigenvalue weighted by atomic mass is 10.2. The van der Waals surface area contributed by atoms with Crippen molar-refractivity contribution < 1.29 is 13.7 Å². The molecule has 0 aromatic carbocycles. The Balaban J connectivity index is 1.63. The lowest BCUT2D eigenvalue weighted by molar-refractivity contribution is 0.122. The largest absolute Gasteiger partial charge is 0.480 e. The van der Waals surface area contributed by atoms with Crippen LogP contribution in [-0.4, -0.2) is 52.6 Å². The second-order valence-corrected chi connectivity index (χ2v) is 9.87. The molecule has 0 aliphatic carbocycles. The molecule has 8 nitrogen and oxygen atoms in total. The van der Waals surface area contributed by atoms with Crippen molar-refractivity contribution >= 4 is 45.4 Å². The number of hydrogen-bond donors (Lipinski definition) is 1. The van der Waals surface area contributed by atoms with Gasteiger partial charge in [-0.1, -0.05) is 23.4 Å². The highest BCUT2D eigenvalue weighted by atomic mass is 35.5. The summed E-state index contributed by atoms with van der Waals surface area (Å²) in [6, 6.07) is 5.17. The zero-order valence-corrected chi connectivity index (χ0v) is 19.8. The van der Waals surface area contributed by atoms with Crippen molar-refractivity contribution in [3.05, 3.63) is 51.9 Å². The van der Waals surface area contributed by atoms with Crippen molar-refractivity contribution in [2.75, 3.05) is 43.0 Å². The molecule has 1 aliphatic rings. The molecule has 1 atom stereocenters. The number of rotatable bonds is 5. The third kappa shape index (κ3) is 5.19. The normalized spacial score (nSPS) is 14.4. The van der Waals surface area contributed by atoms with E-state index in [1.54, 1.807) is 30.7 Å². The van der Waals surface area contributed by atoms with Gasteiger partial charge in [0.2, 0.25) is 5.88 Å². The topological polar surface area (TPSA) is 89.5 Å². The number of methoxy groups -OCH3 is 1. The number of nitrogens with one attached hydrogen (secondary N) is 1. The summed E-state index contributed by atoms with van der Waals surface area (Å²) in [5.74, 6) is 7.43. The highest BCUT2D eigenvalue weighted by Crippen LogP contribution is 2.28. The van der Waals surface area contributed by atoms with Crippen molar-refractivity contribution in [2.45, 2.75) is 11.1 Å². The molecule has 3 aromatic rings. The Bertz CT molecular complexity index is 1200. The van der Waals surface area contributed by atoms with Gasteiger partial charge in [0.15, 0.2) is 11.0 Å². The molecule has 0 amide bonds. The number of ether oxygens (including phenoxy) is 2. The van der Waals surface area contributed by atoms with E-state index in [0.29, 0.717) is 38.9 Å². The molecule has 1 aliphatic heterocycles. The van der Waals surface area contributed by atoms with Gasteiger partial charge in [0.05, 0.1) is 35.9 Å². The first-order valence-electron chi connectivity index (χ1n) is 9.69. The number of hydrogen-bond acceptors (Lipinski definition) is 8. The Hall–Kier alpha value is -2.71. The fourth-order valence-corrected chi connectivity index (χ4v) is 5.31. The zero-order chi connectivity index (χ0) is 22.5. The van der Waals surface area contributed by atoms with E-state index in [9.17, 15) is 4.21 Å². The van der Waals surface area contributed by atoms with Gasteiger partial charge in [0.1, 0.15) is 22.0 Å². The number of nitrogens with zero attached hydrogens (tertiary/aromatic N) is 4. The number of morpholine rings is 1. The predicted octanol–water partition coefficient (Wildman–Crippen LogP) is 3.27. The molecule has 4 rings (SSSR count). The minimum atomic E-state index is -1.51. The molecule has 1 fully saturated rings. The second kappa shape index (κ2) is 10.3. The fourth-order valence-electron chi connectivity index (χ4n) is 3.06. The van der Waals surface area contributed by atoms with Gasteiger partial charge in [0.25, 0.3) is 0 Å². The maximum absolute atomic E-state index is 12.7. The summed E-state index contributed by atoms with van der Waals surface area (Å²) in [6.07, 6.45) is 3.16. The maximum atomic E-state index is 12.7. The SMILES string of the molecule is COc1ncc(C#Cc2c(C)ncnc2N2CCOCC2)cc1NS(=O)c1ccc(Cl)s1. The molecule has 0 bridgehead atoms. The molecule has 0 radical (unpaired) electrons. The first-order valence-corrected chi connectivity index (χ1v) is 12.0. The summed E-state index contributed by atoms with van der Waals surface area (Å²) >= 11 is 7.20. The maximum Gasteiger partial charge on any atom is 0.238 e. The van der Waals surface area contributed by atoms with Crippen molar-refractivity contribution in [2.24, 2.45) is 0 Å². The first kappa shape index (κ1) is 22.5. The van der Waals surface area contributed by atoms with E-state index in [1.807, 2.05) is 6.92 Å². The van der Waals surface area contributed by atoms with Crippen LogP contribution in [0.15, 0.2) is 34.9 Å². The smallest absolute Gasteiger partial charge is 0.238 e. The van der Waals surface area contributed by atoms with Gasteiger partial charge in [-0.3, -0.25) is 4.72 Å². The summed E-state index contributed by atoms with van der Waals surface area (Å²) < 4.78 is 27.5. The lowest BCUT2D eigenvalue weighted by Crippen LogP contribution is -2.37. The van der Waals surface area contributed by atoms with E-state index in [-0.39, 0.29) is 0 Å². The number of anilines is 2. The molecule has 0 spiro atoms. The van der Waals surface area contributed by atoms with Crippen LogP contribution in [0, 0.1) is 18.8 Å². The molecule has 1 N–H and O–H groups in total. The van der Waals surface area contributed by atoms with Gasteiger partial charge < -0.3 is 14.4 Å². The van der Waals surface area contributed by atoms with Crippen molar-refractivity contribution in [1.82, 2.24) is 15.0 Å². The Morgan fingerprint density at radius 3 is 2.78 bits per heavy atom. The molecule has 1 saturated heterocycles. The van der Waals surface area contributed by atoms with Crippen LogP contribution in [0.4, 0.5) is 11.5 Å². The van der Waals surface area contributed by atoms with Crippen LogP contribution in [0.3, 0.4) is 0 Å². The summed E-state index contributed by atoms with van der Waals surface area (Å²) in [5, 5.41) is 0. The summed E-state index contributed by atoms with van der Waals surface area (Å²) in [6.45, 7) is 4.72. The number of aryl methyl sites for hydroxylation is 1. The van der Waals surface area contributed by atoms with Gasteiger partial charge in [-0.05, 0) is 25.1 Å². The molecule has 4 heterocycles. The lowest BCUT2D eigenvalue weighted by Gasteiger charge is -2.28. The minimum absolute atomic E-state index is 0.319. The minimum Gasteiger partial charge on any atom is -0.480 e. The van der Waals surface area contributed by atoms with Crippen LogP contribution in [0.2, 0.25) is 4.34 Å². The third-order valence-corrected chi connectivity index (χ3v) is 7.27. The zero-order valence-electron chi connectivity index (χ0n) is 17.4. The molecule has 0 saturated carbocycles. The van der Waals surface area contributed by atoms with E-state index in [2.05, 4.69) is 36.4 Å². The average Bonchev–Trinajstić information content (AvgIpc) is 3.25. The Morgan fingerprint density at radius 2 is 2.06 bits per heavy atom. The van der Waals surface area contributed by atoms with E-state index in [0.717, 1.165) is 30.2 Å². The van der Waals surface area contributed by atoms with Crippen LogP contribution < -0.4 is 14.4 Å². The van der Waals surface area contributed by atoms with E-state index in [1.165, 1.54) is 18.4 Å². The molecule has 11 heteroatoms. The number of halogens is 1. The van der Waals surface area contributed by atoms with Crippen molar-refractivity contribution in [3.63, 3.8) is 0 Å². The van der Waals surface area contributed by atoms with Gasteiger partial charge >= 0.3 is 0 Å². The Morgan fingerprint density at radius 1 is 1.25 bits per heavy atom. The standard InChI is InChI=1S/C21H20ClN5O3S2/c1-14-16(20(25-13-24-14)27-7-9-30-10-8-27)4-3-15-11-17(21(29-2)23-12-15)26-32(28)19-6-5-18(22)31-19/h5-6,11-13,26H,7-10H2,1-2H3. The Labute approximate surface area is 197 Å². The predicted molar refractivity (Wildman–Crippen MR) is 126 cm³/mol. The number of aromatic nitrogens is 3. The molecular weight excluding hydrogens is 470 g/mol. The van der Waals surface area contributed by atoms with Crippen molar-refractivity contribution in [3.8, 4) is 17.7 Å². The monoisotopic (exact) mass is 489 g/mol. The van der Waals surface area contributed by atoms with Crippen molar-refractivity contribution in [1.29, 1.82) is 0 Å². The van der Waals surface area contributed by atoms with Crippen LogP contribution in [0.5, 0.6) is 5.88 Å². The summed E-state index contributed by atoms with van der Waals surface area (Å²) in [4.78, 5) is 15.2. The third-order valence-electron chi connectivity index (χ3n) is 4.64. The van der Waals surface area contributed by atoms with Gasteiger partial charge in [-0.2, -0.15) is 0 Å². The highest BCUT2D eigenvalue weighted by Gasteiger charge is 2.17. The van der Waals surface area contributed by atoms with Gasteiger partial charge in [-0.25, -0.2) is 19.2 Å². The van der Waals surface area contributed by atoms with Crippen LogP contribution in [-0.2, 0) is 15.7 Å². The fraction of sp³-hybridized carbons (Fsp3) is 0.286. The van der Waals surface area contributed by atoms with Crippen LogP contribution in [0.1, 0.15) is 16.8 Å². The molecule has 166 valence electrons. The van der Waals surface area contributed by atoms with E-state index < -0.39 is 11.0 Å². The molecule has 3 aromatic heterocycles. The number of thiophene rings is 1.